The highest BCUT2D eigenvalue weighted by molar-refractivity contribution is 6.34. The Hall–Kier alpha value is -6.97. The summed E-state index contributed by atoms with van der Waals surface area (Å²) >= 11 is 6.49. The Kier molecular flexibility index (Phi) is 21.1. The second-order valence-corrected chi connectivity index (χ2v) is 16.1. The number of halogens is 1. The molecule has 360 valence electrons. The number of hydrogen-bond donors (Lipinski definition) is 6. The number of nitrogen functional groups attached to an aromatic ring is 1. The first-order valence-electron chi connectivity index (χ1n) is 23.4. The van der Waals surface area contributed by atoms with Crippen molar-refractivity contribution in [2.45, 2.75) is 84.5 Å². The number of unbranched alkanes of at least 4 members (excludes halogenated alkanes) is 5. The minimum Gasteiger partial charge on any atom is -0.492 e. The number of fused-ring (bicyclic) bond motifs is 2. The lowest BCUT2D eigenvalue weighted by Crippen LogP contribution is -2.35. The smallest absolute Gasteiger partial charge is 0.337 e. The molecule has 1 fully saturated rings. The molecule has 68 heavy (non-hydrogen) atoms. The van der Waals surface area contributed by atoms with Crippen LogP contribution in [0.4, 0.5) is 5.82 Å². The van der Waals surface area contributed by atoms with E-state index in [0.29, 0.717) is 70.6 Å². The van der Waals surface area contributed by atoms with Gasteiger partial charge in [0.1, 0.15) is 36.0 Å². The summed E-state index contributed by atoms with van der Waals surface area (Å²) in [5, 5.41) is 21.3. The van der Waals surface area contributed by atoms with Gasteiger partial charge >= 0.3 is 5.97 Å². The highest BCUT2D eigenvalue weighted by Gasteiger charge is 2.17. The van der Waals surface area contributed by atoms with E-state index in [9.17, 15) is 19.5 Å². The average Bonchev–Trinajstić information content (AvgIpc) is 4.01. The number of carboxylic acid groups (broad SMARTS) is 1. The van der Waals surface area contributed by atoms with E-state index in [4.69, 9.17) is 26.8 Å². The standard InChI is InChI=1S/C32H40ClN3O5.C17H13N5O.C2H6.CH5N/c33-28-21-29-26(27(22-35-29)32(39)40)20-25(28)23-11-10-12-24(19-23)41-18-15-34-30(37)13-6-3-1-2-4-7-14-31(38)36-16-8-5-9-17-36;18-16-14-15(21-22-17(14)20-10-19-16)11-6-8-13(9-7-11)23-12-4-2-1-3-5-12;2*1-2/h10-12,19-22,35H,1-9,13-18H2,(H,34,37)(H,39,40);1-10H,(H3,18,19,20,21,22);1-2H3;2H2,1H3. The number of anilines is 1. The normalized spacial score (nSPS) is 11.9. The maximum absolute atomic E-state index is 12.2. The second-order valence-electron chi connectivity index (χ2n) is 15.7. The fourth-order valence-electron chi connectivity index (χ4n) is 7.71. The minimum atomic E-state index is -1.00. The highest BCUT2D eigenvalue weighted by atomic mass is 35.5. The first kappa shape index (κ1) is 52.0. The molecule has 0 bridgehead atoms. The van der Waals surface area contributed by atoms with Crippen LogP contribution in [0.2, 0.25) is 5.02 Å². The molecule has 1 aliphatic rings. The first-order chi connectivity index (χ1) is 33.2. The Balaban J connectivity index is 0.000000269. The number of carbonyl (C=O) groups excluding carboxylic acids is 2. The SMILES string of the molecule is CC.CN.Nc1ncnc2n[nH]c(-c3ccc(Oc4ccccc4)cc3)c12.O=C(CCCCCCCCC(=O)N1CCCCC1)NCCOc1cccc(-c2cc3c(C(=O)O)c[nH]c3cc2Cl)c1. The highest BCUT2D eigenvalue weighted by Crippen LogP contribution is 2.35. The van der Waals surface area contributed by atoms with Crippen molar-refractivity contribution >= 4 is 57.1 Å². The zero-order chi connectivity index (χ0) is 48.7. The van der Waals surface area contributed by atoms with Crippen LogP contribution in [-0.2, 0) is 9.59 Å². The van der Waals surface area contributed by atoms with Gasteiger partial charge in [-0.1, -0.05) is 81.5 Å². The van der Waals surface area contributed by atoms with E-state index < -0.39 is 5.97 Å². The third-order valence-electron chi connectivity index (χ3n) is 11.1. The summed E-state index contributed by atoms with van der Waals surface area (Å²) in [7, 11) is 1.50. The van der Waals surface area contributed by atoms with Crippen LogP contribution in [0, 0.1) is 0 Å². The summed E-state index contributed by atoms with van der Waals surface area (Å²) in [6.07, 6.45) is 13.6. The number of nitrogens with one attached hydrogen (secondary N) is 3. The maximum atomic E-state index is 12.2. The van der Waals surface area contributed by atoms with Crippen molar-refractivity contribution in [3.8, 4) is 39.6 Å². The summed E-state index contributed by atoms with van der Waals surface area (Å²) in [4.78, 5) is 49.0. The Morgan fingerprint density at radius 3 is 2.19 bits per heavy atom. The number of ether oxygens (including phenoxy) is 2. The quantitative estimate of drug-likeness (QED) is 0.0443. The summed E-state index contributed by atoms with van der Waals surface area (Å²) in [5.74, 6) is 1.93. The Morgan fingerprint density at radius 1 is 0.794 bits per heavy atom. The van der Waals surface area contributed by atoms with Gasteiger partial charge in [-0.15, -0.1) is 0 Å². The molecule has 15 nitrogen and oxygen atoms in total. The van der Waals surface area contributed by atoms with Crippen LogP contribution in [0.15, 0.2) is 104 Å². The number of amides is 2. The maximum Gasteiger partial charge on any atom is 0.337 e. The number of H-pyrrole nitrogens is 2. The molecular weight excluding hydrogens is 882 g/mol. The fraction of sp³-hybridized carbons (Fsp3) is 0.346. The van der Waals surface area contributed by atoms with Crippen LogP contribution in [0.5, 0.6) is 17.2 Å². The largest absolute Gasteiger partial charge is 0.492 e. The number of rotatable bonds is 18. The average molecular weight is 947 g/mol. The van der Waals surface area contributed by atoms with Crippen LogP contribution >= 0.6 is 11.6 Å². The van der Waals surface area contributed by atoms with Gasteiger partial charge < -0.3 is 41.2 Å². The number of para-hydroxylation sites is 1. The molecular formula is C52H64ClN9O6. The molecule has 0 aliphatic carbocycles. The van der Waals surface area contributed by atoms with E-state index >= 15 is 0 Å². The number of hydrogen-bond acceptors (Lipinski definition) is 10. The van der Waals surface area contributed by atoms with E-state index in [-0.39, 0.29) is 11.5 Å². The monoisotopic (exact) mass is 945 g/mol. The lowest BCUT2D eigenvalue weighted by molar-refractivity contribution is -0.132. The van der Waals surface area contributed by atoms with Crippen molar-refractivity contribution in [1.82, 2.24) is 35.4 Å². The molecule has 3 aromatic heterocycles. The number of benzene rings is 4. The van der Waals surface area contributed by atoms with Crippen molar-refractivity contribution in [3.05, 3.63) is 114 Å². The molecule has 0 unspecified atom stereocenters. The number of aromatic amines is 2. The fourth-order valence-corrected chi connectivity index (χ4v) is 7.99. The lowest BCUT2D eigenvalue weighted by atomic mass is 10.0. The van der Waals surface area contributed by atoms with Gasteiger partial charge in [0.2, 0.25) is 11.8 Å². The molecule has 0 radical (unpaired) electrons. The van der Waals surface area contributed by atoms with Crippen molar-refractivity contribution in [2.24, 2.45) is 5.73 Å². The lowest BCUT2D eigenvalue weighted by Gasteiger charge is -2.26. The van der Waals surface area contributed by atoms with E-state index in [1.807, 2.05) is 97.6 Å². The summed E-state index contributed by atoms with van der Waals surface area (Å²) in [6, 6.07) is 28.2. The molecule has 0 saturated carbocycles. The molecule has 2 amide bonds. The van der Waals surface area contributed by atoms with Gasteiger partial charge in [-0.3, -0.25) is 14.7 Å². The summed E-state index contributed by atoms with van der Waals surface area (Å²) in [5.41, 5.74) is 15.1. The number of aromatic carboxylic acids is 1. The van der Waals surface area contributed by atoms with Gasteiger partial charge in [0.05, 0.1) is 28.2 Å². The van der Waals surface area contributed by atoms with Crippen molar-refractivity contribution in [1.29, 1.82) is 0 Å². The van der Waals surface area contributed by atoms with E-state index in [0.717, 1.165) is 98.2 Å². The molecule has 8 N–H and O–H groups in total. The number of likely N-dealkylation sites (tertiary alicyclic amines) is 1. The molecule has 1 aliphatic heterocycles. The van der Waals surface area contributed by atoms with Crippen LogP contribution in [-0.4, -0.2) is 86.2 Å². The van der Waals surface area contributed by atoms with Crippen LogP contribution < -0.4 is 26.3 Å². The second kappa shape index (κ2) is 27.6. The van der Waals surface area contributed by atoms with Gasteiger partial charge in [-0.05, 0) is 105 Å². The van der Waals surface area contributed by atoms with Crippen LogP contribution in [0.25, 0.3) is 44.3 Å². The molecule has 16 heteroatoms. The zero-order valence-electron chi connectivity index (χ0n) is 39.2. The van der Waals surface area contributed by atoms with Crippen molar-refractivity contribution < 1.29 is 29.0 Å². The van der Waals surface area contributed by atoms with Crippen molar-refractivity contribution in [3.63, 3.8) is 0 Å². The summed E-state index contributed by atoms with van der Waals surface area (Å²) in [6.45, 7) is 6.60. The summed E-state index contributed by atoms with van der Waals surface area (Å²) < 4.78 is 11.6. The number of aromatic nitrogens is 5. The third kappa shape index (κ3) is 15.0. The predicted octanol–water partition coefficient (Wildman–Crippen LogP) is 10.8. The van der Waals surface area contributed by atoms with Crippen molar-refractivity contribution in [2.75, 3.05) is 39.0 Å². The van der Waals surface area contributed by atoms with Crippen LogP contribution in [0.3, 0.4) is 0 Å². The number of piperidine rings is 1. The van der Waals surface area contributed by atoms with Gasteiger partial charge in [0, 0.05) is 54.2 Å². The van der Waals surface area contributed by atoms with Gasteiger partial charge in [0.15, 0.2) is 5.65 Å². The minimum absolute atomic E-state index is 0.0234. The van der Waals surface area contributed by atoms with Gasteiger partial charge in [-0.25, -0.2) is 14.8 Å². The van der Waals surface area contributed by atoms with Gasteiger partial charge in [0.25, 0.3) is 0 Å². The molecule has 7 aromatic rings. The topological polar surface area (TPSA) is 227 Å². The molecule has 0 atom stereocenters. The zero-order valence-corrected chi connectivity index (χ0v) is 40.0. The molecule has 4 heterocycles. The number of nitrogens with zero attached hydrogens (tertiary/aromatic N) is 4. The number of carbonyl (C=O) groups is 3. The Bertz CT molecular complexity index is 2650. The van der Waals surface area contributed by atoms with E-state index in [2.05, 4.69) is 36.2 Å². The van der Waals surface area contributed by atoms with Crippen LogP contribution in [0.1, 0.15) is 94.8 Å². The van der Waals surface area contributed by atoms with E-state index in [1.54, 1.807) is 12.1 Å². The molecule has 1 saturated heterocycles. The van der Waals surface area contributed by atoms with Gasteiger partial charge in [-0.2, -0.15) is 5.10 Å². The molecule has 0 spiro atoms. The third-order valence-corrected chi connectivity index (χ3v) is 11.4. The molecule has 8 rings (SSSR count). The Labute approximate surface area is 403 Å². The molecule has 4 aromatic carbocycles. The Morgan fingerprint density at radius 2 is 1.47 bits per heavy atom. The number of nitrogens with two attached hydrogens (primary N) is 2. The van der Waals surface area contributed by atoms with E-state index in [1.165, 1.54) is 26.0 Å². The number of carboxylic acids is 1. The first-order valence-corrected chi connectivity index (χ1v) is 23.8. The predicted molar refractivity (Wildman–Crippen MR) is 271 cm³/mol.